The van der Waals surface area contributed by atoms with Crippen molar-refractivity contribution in [3.8, 4) is 0 Å². The summed E-state index contributed by atoms with van der Waals surface area (Å²) in [7, 11) is -6.68. The summed E-state index contributed by atoms with van der Waals surface area (Å²) in [5.41, 5.74) is 0.879. The number of ether oxygens (including phenoxy) is 1. The van der Waals surface area contributed by atoms with E-state index in [0.717, 1.165) is 5.56 Å². The van der Waals surface area contributed by atoms with Crippen LogP contribution in [0.5, 0.6) is 0 Å². The molecule has 1 fully saturated rings. The lowest BCUT2D eigenvalue weighted by Gasteiger charge is -2.26. The summed E-state index contributed by atoms with van der Waals surface area (Å²) in [5, 5.41) is 0. The summed E-state index contributed by atoms with van der Waals surface area (Å²) in [6, 6.07) is 6.56. The van der Waals surface area contributed by atoms with Crippen LogP contribution in [0.1, 0.15) is 12.5 Å². The highest BCUT2D eigenvalue weighted by atomic mass is 32.2. The van der Waals surface area contributed by atoms with Crippen molar-refractivity contribution < 1.29 is 21.6 Å². The summed E-state index contributed by atoms with van der Waals surface area (Å²) >= 11 is 0. The molecule has 1 aliphatic rings. The van der Waals surface area contributed by atoms with Crippen LogP contribution in [0.3, 0.4) is 0 Å². The second-order valence-corrected chi connectivity index (χ2v) is 9.24. The van der Waals surface area contributed by atoms with E-state index in [0.29, 0.717) is 39.3 Å². The average molecular weight is 362 g/mol. The van der Waals surface area contributed by atoms with Crippen LogP contribution in [0.25, 0.3) is 0 Å². The van der Waals surface area contributed by atoms with Crippen molar-refractivity contribution in [1.29, 1.82) is 0 Å². The third kappa shape index (κ3) is 4.98. The van der Waals surface area contributed by atoms with Crippen molar-refractivity contribution in [1.82, 2.24) is 9.03 Å². The highest BCUT2D eigenvalue weighted by molar-refractivity contribution is 7.89. The van der Waals surface area contributed by atoms with E-state index >= 15 is 0 Å². The predicted octanol–water partition coefficient (Wildman–Crippen LogP) is 0.189. The van der Waals surface area contributed by atoms with Gasteiger partial charge in [0, 0.05) is 19.6 Å². The van der Waals surface area contributed by atoms with Crippen molar-refractivity contribution >= 4 is 20.0 Å². The van der Waals surface area contributed by atoms with Gasteiger partial charge in [-0.3, -0.25) is 0 Å². The van der Waals surface area contributed by atoms with Crippen LogP contribution in [0, 0.1) is 0 Å². The lowest BCUT2D eigenvalue weighted by molar-refractivity contribution is 0.0730. The van der Waals surface area contributed by atoms with Gasteiger partial charge in [0.2, 0.25) is 20.0 Å². The number of sulfonamides is 2. The van der Waals surface area contributed by atoms with Crippen LogP contribution in [-0.4, -0.2) is 59.7 Å². The van der Waals surface area contributed by atoms with Gasteiger partial charge in [-0.05, 0) is 31.0 Å². The molecule has 0 aliphatic carbocycles. The van der Waals surface area contributed by atoms with E-state index in [4.69, 9.17) is 4.74 Å². The topological polar surface area (TPSA) is 92.8 Å². The first kappa shape index (κ1) is 18.3. The molecule has 0 bridgehead atoms. The number of rotatable bonds is 7. The molecule has 1 saturated heterocycles. The minimum atomic E-state index is -3.48. The van der Waals surface area contributed by atoms with Crippen LogP contribution in [0.2, 0.25) is 0 Å². The maximum Gasteiger partial charge on any atom is 0.243 e. The van der Waals surface area contributed by atoms with E-state index in [1.807, 2.05) is 0 Å². The highest BCUT2D eigenvalue weighted by Gasteiger charge is 2.25. The van der Waals surface area contributed by atoms with Crippen LogP contribution in [0.4, 0.5) is 0 Å². The molecule has 0 atom stereocenters. The number of nitrogens with zero attached hydrogens (tertiary/aromatic N) is 1. The molecule has 1 heterocycles. The predicted molar refractivity (Wildman–Crippen MR) is 87.2 cm³/mol. The van der Waals surface area contributed by atoms with E-state index in [1.54, 1.807) is 31.2 Å². The molecule has 1 aromatic carbocycles. The number of nitrogens with one attached hydrogen (secondary N) is 1. The second kappa shape index (κ2) is 7.71. The molecule has 130 valence electrons. The van der Waals surface area contributed by atoms with Gasteiger partial charge >= 0.3 is 0 Å². The molecule has 0 aromatic heterocycles. The number of benzene rings is 1. The molecule has 9 heteroatoms. The summed E-state index contributed by atoms with van der Waals surface area (Å²) in [6.45, 7) is 3.43. The quantitative estimate of drug-likeness (QED) is 0.747. The maximum absolute atomic E-state index is 12.5. The zero-order valence-corrected chi connectivity index (χ0v) is 14.7. The van der Waals surface area contributed by atoms with Crippen LogP contribution < -0.4 is 4.72 Å². The molecule has 2 rings (SSSR count). The van der Waals surface area contributed by atoms with Crippen molar-refractivity contribution in [3.05, 3.63) is 29.8 Å². The van der Waals surface area contributed by atoms with E-state index in [-0.39, 0.29) is 10.6 Å². The maximum atomic E-state index is 12.5. The molecule has 0 unspecified atom stereocenters. The van der Waals surface area contributed by atoms with E-state index < -0.39 is 20.0 Å². The molecular weight excluding hydrogens is 340 g/mol. The van der Waals surface area contributed by atoms with Gasteiger partial charge in [-0.25, -0.2) is 21.6 Å². The standard InChI is InChI=1S/C14H22N2O5S2/c1-2-22(17,18)15-8-7-13-3-5-14(6-4-13)23(19,20)16-9-11-21-12-10-16/h3-6,15H,2,7-12H2,1H3. The normalized spacial score (nSPS) is 17.3. The van der Waals surface area contributed by atoms with E-state index in [1.165, 1.54) is 4.31 Å². The van der Waals surface area contributed by atoms with Gasteiger partial charge < -0.3 is 4.74 Å². The third-order valence-corrected chi connectivity index (χ3v) is 6.96. The first-order valence-electron chi connectivity index (χ1n) is 7.49. The molecule has 23 heavy (non-hydrogen) atoms. The fourth-order valence-electron chi connectivity index (χ4n) is 2.22. The number of morpholine rings is 1. The van der Waals surface area contributed by atoms with Gasteiger partial charge in [-0.1, -0.05) is 12.1 Å². The summed E-state index contributed by atoms with van der Waals surface area (Å²) in [4.78, 5) is 0.247. The van der Waals surface area contributed by atoms with Gasteiger partial charge in [0.05, 0.1) is 23.9 Å². The molecule has 1 aliphatic heterocycles. The Morgan fingerprint density at radius 1 is 1.09 bits per heavy atom. The Kier molecular flexibility index (Phi) is 6.15. The Labute approximate surface area is 137 Å². The Morgan fingerprint density at radius 2 is 1.70 bits per heavy atom. The zero-order chi connectivity index (χ0) is 16.9. The van der Waals surface area contributed by atoms with Gasteiger partial charge in [-0.15, -0.1) is 0 Å². The lowest BCUT2D eigenvalue weighted by Crippen LogP contribution is -2.40. The molecule has 0 radical (unpaired) electrons. The van der Waals surface area contributed by atoms with Crippen molar-refractivity contribution in [2.45, 2.75) is 18.2 Å². The highest BCUT2D eigenvalue weighted by Crippen LogP contribution is 2.17. The van der Waals surface area contributed by atoms with Crippen LogP contribution in [0.15, 0.2) is 29.2 Å². The van der Waals surface area contributed by atoms with Crippen molar-refractivity contribution in [2.24, 2.45) is 0 Å². The Balaban J connectivity index is 1.99. The zero-order valence-electron chi connectivity index (χ0n) is 13.1. The third-order valence-electron chi connectivity index (χ3n) is 3.65. The van der Waals surface area contributed by atoms with Crippen LogP contribution >= 0.6 is 0 Å². The minimum absolute atomic E-state index is 0.0454. The SMILES string of the molecule is CCS(=O)(=O)NCCc1ccc(S(=O)(=O)N2CCOCC2)cc1. The van der Waals surface area contributed by atoms with Gasteiger partial charge in [0.25, 0.3) is 0 Å². The summed E-state index contributed by atoms with van der Waals surface area (Å²) in [5.74, 6) is 0.0454. The van der Waals surface area contributed by atoms with Crippen molar-refractivity contribution in [3.63, 3.8) is 0 Å². The van der Waals surface area contributed by atoms with Gasteiger partial charge in [0.15, 0.2) is 0 Å². The Morgan fingerprint density at radius 3 is 2.26 bits per heavy atom. The smallest absolute Gasteiger partial charge is 0.243 e. The Hall–Kier alpha value is -1.00. The molecule has 1 N–H and O–H groups in total. The summed E-state index contributed by atoms with van der Waals surface area (Å²) in [6.07, 6.45) is 0.511. The first-order chi connectivity index (χ1) is 10.8. The lowest BCUT2D eigenvalue weighted by atomic mass is 10.2. The number of hydrogen-bond acceptors (Lipinski definition) is 5. The van der Waals surface area contributed by atoms with E-state index in [2.05, 4.69) is 4.72 Å². The Bertz CT molecular complexity index is 708. The monoisotopic (exact) mass is 362 g/mol. The van der Waals surface area contributed by atoms with Gasteiger partial charge in [0.1, 0.15) is 0 Å². The first-order valence-corrected chi connectivity index (χ1v) is 10.6. The van der Waals surface area contributed by atoms with E-state index in [9.17, 15) is 16.8 Å². The van der Waals surface area contributed by atoms with Gasteiger partial charge in [-0.2, -0.15) is 4.31 Å². The molecular formula is C14H22N2O5S2. The molecule has 0 amide bonds. The molecule has 0 saturated carbocycles. The van der Waals surface area contributed by atoms with Crippen LogP contribution in [-0.2, 0) is 31.2 Å². The fourth-order valence-corrected chi connectivity index (χ4v) is 4.24. The largest absolute Gasteiger partial charge is 0.379 e. The molecule has 1 aromatic rings. The van der Waals surface area contributed by atoms with Crippen molar-refractivity contribution in [2.75, 3.05) is 38.6 Å². The average Bonchev–Trinajstić information content (AvgIpc) is 2.56. The molecule has 0 spiro atoms. The fraction of sp³-hybridized carbons (Fsp3) is 0.571. The summed E-state index contributed by atoms with van der Waals surface area (Å²) < 4.78 is 56.7. The minimum Gasteiger partial charge on any atom is -0.379 e. The molecule has 7 nitrogen and oxygen atoms in total. The number of hydrogen-bond donors (Lipinski definition) is 1. The second-order valence-electron chi connectivity index (χ2n) is 5.21.